The fraction of sp³-hybridized carbons (Fsp3) is 0.0526. The molecular weight excluding hydrogens is 396 g/mol. The van der Waals surface area contributed by atoms with Gasteiger partial charge in [-0.25, -0.2) is 12.8 Å². The highest BCUT2D eigenvalue weighted by Gasteiger charge is 2.25. The molecule has 3 aromatic rings. The lowest BCUT2D eigenvalue weighted by Crippen LogP contribution is -2.30. The van der Waals surface area contributed by atoms with E-state index in [9.17, 15) is 12.8 Å². The number of sulfonamides is 1. The van der Waals surface area contributed by atoms with Gasteiger partial charge in [-0.05, 0) is 48.0 Å². The van der Waals surface area contributed by atoms with E-state index in [0.29, 0.717) is 15.6 Å². The minimum atomic E-state index is -3.90. The van der Waals surface area contributed by atoms with Crippen LogP contribution in [0, 0.1) is 5.82 Å². The molecule has 0 N–H and O–H groups in total. The van der Waals surface area contributed by atoms with Crippen LogP contribution in [0.3, 0.4) is 0 Å². The van der Waals surface area contributed by atoms with Gasteiger partial charge >= 0.3 is 0 Å². The van der Waals surface area contributed by atoms with Crippen LogP contribution < -0.4 is 4.31 Å². The predicted octanol–water partition coefficient (Wildman–Crippen LogP) is 5.53. The standard InChI is InChI=1S/C19H14Cl2FNO2S/c20-18-10-9-14(11-19(18)21)13-23(16-6-4-5-15(22)12-16)26(24,25)17-7-2-1-3-8-17/h1-12H,13H2. The number of hydrogen-bond acceptors (Lipinski definition) is 2. The Bertz CT molecular complexity index is 1030. The molecule has 26 heavy (non-hydrogen) atoms. The molecule has 0 amide bonds. The molecule has 0 fully saturated rings. The van der Waals surface area contributed by atoms with E-state index in [4.69, 9.17) is 23.2 Å². The van der Waals surface area contributed by atoms with Gasteiger partial charge < -0.3 is 0 Å². The maximum Gasteiger partial charge on any atom is 0.264 e. The van der Waals surface area contributed by atoms with E-state index in [-0.39, 0.29) is 17.1 Å². The molecule has 0 unspecified atom stereocenters. The summed E-state index contributed by atoms with van der Waals surface area (Å²) in [6.07, 6.45) is 0. The summed E-state index contributed by atoms with van der Waals surface area (Å²) in [4.78, 5) is 0.115. The van der Waals surface area contributed by atoms with E-state index in [0.717, 1.165) is 4.31 Å². The van der Waals surface area contributed by atoms with Crippen LogP contribution in [0.1, 0.15) is 5.56 Å². The molecule has 0 heterocycles. The lowest BCUT2D eigenvalue weighted by atomic mass is 10.2. The van der Waals surface area contributed by atoms with Crippen LogP contribution >= 0.6 is 23.2 Å². The van der Waals surface area contributed by atoms with Crippen molar-refractivity contribution in [2.24, 2.45) is 0 Å². The molecule has 7 heteroatoms. The van der Waals surface area contributed by atoms with Gasteiger partial charge in [0, 0.05) is 0 Å². The Balaban J connectivity index is 2.09. The van der Waals surface area contributed by atoms with Crippen LogP contribution in [0.4, 0.5) is 10.1 Å². The SMILES string of the molecule is O=S(=O)(c1ccccc1)N(Cc1ccc(Cl)c(Cl)c1)c1cccc(F)c1. The van der Waals surface area contributed by atoms with Gasteiger partial charge in [-0.3, -0.25) is 4.31 Å². The molecule has 0 atom stereocenters. The Morgan fingerprint density at radius 1 is 0.846 bits per heavy atom. The van der Waals surface area contributed by atoms with Gasteiger partial charge in [0.25, 0.3) is 10.0 Å². The normalized spacial score (nSPS) is 11.3. The highest BCUT2D eigenvalue weighted by atomic mass is 35.5. The van der Waals surface area contributed by atoms with Crippen molar-refractivity contribution in [1.29, 1.82) is 0 Å². The Morgan fingerprint density at radius 2 is 1.58 bits per heavy atom. The monoisotopic (exact) mass is 409 g/mol. The predicted molar refractivity (Wildman–Crippen MR) is 103 cm³/mol. The Labute approximate surface area is 161 Å². The second kappa shape index (κ2) is 7.66. The lowest BCUT2D eigenvalue weighted by molar-refractivity contribution is 0.590. The van der Waals surface area contributed by atoms with Crippen LogP contribution in [-0.2, 0) is 16.6 Å². The van der Waals surface area contributed by atoms with Gasteiger partial charge in [-0.15, -0.1) is 0 Å². The minimum absolute atomic E-state index is 0.0163. The van der Waals surface area contributed by atoms with Crippen LogP contribution in [0.5, 0.6) is 0 Å². The zero-order valence-electron chi connectivity index (χ0n) is 13.4. The van der Waals surface area contributed by atoms with Crippen LogP contribution in [-0.4, -0.2) is 8.42 Å². The summed E-state index contributed by atoms with van der Waals surface area (Å²) in [7, 11) is -3.90. The molecule has 3 aromatic carbocycles. The lowest BCUT2D eigenvalue weighted by Gasteiger charge is -2.25. The fourth-order valence-corrected chi connectivity index (χ4v) is 4.26. The summed E-state index contributed by atoms with van der Waals surface area (Å²) in [5.74, 6) is -0.523. The van der Waals surface area contributed by atoms with Crippen LogP contribution in [0.15, 0.2) is 77.7 Å². The van der Waals surface area contributed by atoms with Crippen molar-refractivity contribution >= 4 is 38.9 Å². The summed E-state index contributed by atoms with van der Waals surface area (Å²) < 4.78 is 41.1. The van der Waals surface area contributed by atoms with Crippen molar-refractivity contribution < 1.29 is 12.8 Å². The van der Waals surface area contributed by atoms with Crippen molar-refractivity contribution in [3.8, 4) is 0 Å². The van der Waals surface area contributed by atoms with Crippen LogP contribution in [0.25, 0.3) is 0 Å². The first kappa shape index (κ1) is 18.7. The highest BCUT2D eigenvalue weighted by molar-refractivity contribution is 7.92. The third-order valence-electron chi connectivity index (χ3n) is 3.74. The Kier molecular flexibility index (Phi) is 5.51. The van der Waals surface area contributed by atoms with E-state index in [1.165, 1.54) is 30.3 Å². The molecule has 0 aliphatic carbocycles. The van der Waals surface area contributed by atoms with Crippen molar-refractivity contribution in [1.82, 2.24) is 0 Å². The van der Waals surface area contributed by atoms with Gasteiger partial charge in [0.05, 0.1) is 27.2 Å². The summed E-state index contributed by atoms with van der Waals surface area (Å²) in [5, 5.41) is 0.694. The average Bonchev–Trinajstić information content (AvgIpc) is 2.63. The molecule has 0 aliphatic rings. The minimum Gasteiger partial charge on any atom is -0.262 e. The first-order chi connectivity index (χ1) is 12.4. The smallest absolute Gasteiger partial charge is 0.262 e. The number of hydrogen-bond donors (Lipinski definition) is 0. The average molecular weight is 410 g/mol. The zero-order chi connectivity index (χ0) is 18.7. The maximum absolute atomic E-state index is 13.7. The third kappa shape index (κ3) is 4.01. The molecule has 0 spiro atoms. The quantitative estimate of drug-likeness (QED) is 0.555. The molecule has 0 radical (unpaired) electrons. The van der Waals surface area contributed by atoms with Crippen molar-refractivity contribution in [3.05, 3.63) is 94.2 Å². The van der Waals surface area contributed by atoms with Gasteiger partial charge in [0.15, 0.2) is 0 Å². The first-order valence-electron chi connectivity index (χ1n) is 7.65. The molecule has 3 rings (SSSR count). The van der Waals surface area contributed by atoms with Gasteiger partial charge in [0.1, 0.15) is 5.82 Å². The first-order valence-corrected chi connectivity index (χ1v) is 9.85. The van der Waals surface area contributed by atoms with Gasteiger partial charge in [0.2, 0.25) is 0 Å². The molecule has 134 valence electrons. The number of nitrogens with zero attached hydrogens (tertiary/aromatic N) is 1. The third-order valence-corrected chi connectivity index (χ3v) is 6.26. The van der Waals surface area contributed by atoms with Crippen molar-refractivity contribution in [2.75, 3.05) is 4.31 Å². The summed E-state index contributed by atoms with van der Waals surface area (Å²) >= 11 is 12.0. The van der Waals surface area contributed by atoms with Crippen LogP contribution in [0.2, 0.25) is 10.0 Å². The van der Waals surface area contributed by atoms with Crippen molar-refractivity contribution in [2.45, 2.75) is 11.4 Å². The molecule has 0 aliphatic heterocycles. The summed E-state index contributed by atoms with van der Waals surface area (Å²) in [6.45, 7) is -0.0163. The van der Waals surface area contributed by atoms with E-state index in [2.05, 4.69) is 0 Å². The largest absolute Gasteiger partial charge is 0.264 e. The summed E-state index contributed by atoms with van der Waals surface area (Å²) in [5.41, 5.74) is 0.850. The number of halogens is 3. The van der Waals surface area contributed by atoms with E-state index in [1.54, 1.807) is 42.5 Å². The highest BCUT2D eigenvalue weighted by Crippen LogP contribution is 2.29. The molecule has 3 nitrogen and oxygen atoms in total. The molecular formula is C19H14Cl2FNO2S. The summed E-state index contributed by atoms with van der Waals surface area (Å²) in [6, 6.07) is 18.3. The second-order valence-corrected chi connectivity index (χ2v) is 8.23. The molecule has 0 saturated carbocycles. The fourth-order valence-electron chi connectivity index (χ4n) is 2.47. The zero-order valence-corrected chi connectivity index (χ0v) is 15.8. The number of benzene rings is 3. The molecule has 0 bridgehead atoms. The van der Waals surface area contributed by atoms with Gasteiger partial charge in [-0.1, -0.05) is 53.5 Å². The topological polar surface area (TPSA) is 37.4 Å². The van der Waals surface area contributed by atoms with Crippen molar-refractivity contribution in [3.63, 3.8) is 0 Å². The Hall–Kier alpha value is -2.08. The maximum atomic E-state index is 13.7. The second-order valence-electron chi connectivity index (χ2n) is 5.55. The molecule has 0 aromatic heterocycles. The van der Waals surface area contributed by atoms with E-state index < -0.39 is 15.8 Å². The Morgan fingerprint density at radius 3 is 2.23 bits per heavy atom. The molecule has 0 saturated heterocycles. The van der Waals surface area contributed by atoms with Gasteiger partial charge in [-0.2, -0.15) is 0 Å². The van der Waals surface area contributed by atoms with E-state index >= 15 is 0 Å². The number of anilines is 1. The number of rotatable bonds is 5. The van der Waals surface area contributed by atoms with E-state index in [1.807, 2.05) is 0 Å².